The molecule has 7 amide bonds. The Labute approximate surface area is 549 Å². The lowest BCUT2D eigenvalue weighted by Crippen LogP contribution is -2.61. The highest BCUT2D eigenvalue weighted by Gasteiger charge is 2.54. The molecule has 6 rings (SSSR count). The number of aromatic nitrogens is 1. The second-order valence-electron chi connectivity index (χ2n) is 23.3. The van der Waals surface area contributed by atoms with Crippen LogP contribution in [-0.4, -0.2) is 171 Å². The summed E-state index contributed by atoms with van der Waals surface area (Å²) in [6, 6.07) is 0.486. The third kappa shape index (κ3) is 18.7. The van der Waals surface area contributed by atoms with Crippen LogP contribution in [-0.2, 0) is 59.2 Å². The zero-order valence-corrected chi connectivity index (χ0v) is 55.1. The number of thioether (sulfide) groups is 1. The Balaban J connectivity index is 1.13. The molecule has 2 aromatic carbocycles. The van der Waals surface area contributed by atoms with Crippen LogP contribution < -0.4 is 84.3 Å². The Hall–Kier alpha value is -8.91. The Morgan fingerprint density at radius 2 is 1.28 bits per heavy atom. The highest BCUT2D eigenvalue weighted by atomic mass is 32.2. The maximum Gasteiger partial charge on any atom is 0.310 e. The maximum atomic E-state index is 14.3. The number of benzene rings is 2. The van der Waals surface area contributed by atoms with Gasteiger partial charge in [0.05, 0.1) is 51.2 Å². The van der Waals surface area contributed by atoms with Crippen LogP contribution >= 0.6 is 11.8 Å². The highest BCUT2D eigenvalue weighted by molar-refractivity contribution is 7.99. The molecule has 0 saturated carbocycles. The first-order valence-electron chi connectivity index (χ1n) is 31.2. The van der Waals surface area contributed by atoms with Crippen LogP contribution in [0.1, 0.15) is 121 Å². The van der Waals surface area contributed by atoms with Gasteiger partial charge in [-0.15, -0.1) is 11.8 Å². The summed E-state index contributed by atoms with van der Waals surface area (Å²) in [6.45, 7) is 7.02. The molecule has 3 heterocycles. The second kappa shape index (κ2) is 34.8. The quantitative estimate of drug-likeness (QED) is 0.0122. The second-order valence-corrected chi connectivity index (χ2v) is 24.4. The van der Waals surface area contributed by atoms with Crippen LogP contribution in [0, 0.1) is 23.7 Å². The van der Waals surface area contributed by atoms with Crippen molar-refractivity contribution in [2.24, 2.45) is 57.3 Å². The van der Waals surface area contributed by atoms with E-state index in [2.05, 4.69) is 36.9 Å². The summed E-state index contributed by atoms with van der Waals surface area (Å²) in [4.78, 5) is 127. The predicted octanol–water partition coefficient (Wildman–Crippen LogP) is 0.393. The number of primary amides is 1. The number of fused-ring (bicyclic) bond motifs is 3. The van der Waals surface area contributed by atoms with E-state index >= 15 is 0 Å². The summed E-state index contributed by atoms with van der Waals surface area (Å²) in [7, 11) is 5.86. The fourth-order valence-corrected chi connectivity index (χ4v) is 12.3. The first-order chi connectivity index (χ1) is 44.8. The molecule has 1 fully saturated rings. The summed E-state index contributed by atoms with van der Waals surface area (Å²) in [5.41, 5.74) is 30.5. The number of nitrogens with zero attached hydrogens (tertiary/aromatic N) is 2. The normalized spacial score (nSPS) is 18.5. The first-order valence-corrected chi connectivity index (χ1v) is 32.2. The van der Waals surface area contributed by atoms with Gasteiger partial charge in [-0.1, -0.05) is 40.5 Å². The van der Waals surface area contributed by atoms with E-state index in [0.29, 0.717) is 77.7 Å². The molecule has 18 N–H and O–H groups in total. The molecule has 2 unspecified atom stereocenters. The summed E-state index contributed by atoms with van der Waals surface area (Å²) in [5, 5.41) is 38.4. The number of esters is 2. The van der Waals surface area contributed by atoms with Crippen LogP contribution in [0.3, 0.4) is 0 Å². The van der Waals surface area contributed by atoms with Gasteiger partial charge >= 0.3 is 11.9 Å². The van der Waals surface area contributed by atoms with E-state index in [0.717, 1.165) is 16.3 Å². The number of guanidine groups is 1. The fraction of sp³-hybridized carbons (Fsp3) is 0.581. The summed E-state index contributed by atoms with van der Waals surface area (Å²) in [6.07, 6.45) is -0.115. The first kappa shape index (κ1) is 74.1. The molecule has 1 saturated heterocycles. The molecule has 3 aromatic rings. The van der Waals surface area contributed by atoms with E-state index in [1.54, 1.807) is 45.0 Å². The van der Waals surface area contributed by atoms with Gasteiger partial charge in [0.25, 0.3) is 0 Å². The number of aliphatic imine (C=N–C) groups is 1. The van der Waals surface area contributed by atoms with Gasteiger partial charge in [0, 0.05) is 55.8 Å². The standard InChI is InChI=1S/C62H91N13O18S/c1-9-30(3)50(58(83)68-5)73-56(81)37(14-11-12-19-63)72-59(84)51(31(4)10-2)74-57(82)39(16-17-45(65)76)71-55(80)38(15-13-20-69-62(66)67)70-54(79)36(64)28-94-44-26-46(77)75(60(44)85)21-18-47(78)93-52-34-25-41-40(91-29-92-41)24-33(34)48(49-35(52)27-90-61(49)86)32-22-42(87-6)53(89-8)43(23-32)88-7/h22-26,30-31,35-39,48-52,77,85H,9-21,27-29,63-64H2,1-8H3,(H2,65,76)(H,68,83)(H,70,79)(H,71,80)(H,72,84)(H,73,81)(H,74,82)(H4,66,67,69)/t30?,31?,35-,36-,37+,38+,39+,48+,49-,50+,51+,52-/m0/s1. The Morgan fingerprint density at radius 1 is 0.713 bits per heavy atom. The predicted molar refractivity (Wildman–Crippen MR) is 342 cm³/mol. The van der Waals surface area contributed by atoms with Crippen molar-refractivity contribution < 1.29 is 86.5 Å². The third-order valence-electron chi connectivity index (χ3n) is 17.0. The van der Waals surface area contributed by atoms with Crippen LogP contribution in [0.15, 0.2) is 40.2 Å². The molecular formula is C62H91N13O18S. The van der Waals surface area contributed by atoms with E-state index in [4.69, 9.17) is 61.8 Å². The van der Waals surface area contributed by atoms with Crippen molar-refractivity contribution in [2.75, 3.05) is 60.6 Å². The van der Waals surface area contributed by atoms with E-state index in [1.807, 2.05) is 6.92 Å². The highest BCUT2D eigenvalue weighted by Crippen LogP contribution is 2.57. The van der Waals surface area contributed by atoms with Gasteiger partial charge in [-0.05, 0) is 92.3 Å². The van der Waals surface area contributed by atoms with Gasteiger partial charge in [-0.2, -0.15) is 0 Å². The van der Waals surface area contributed by atoms with Gasteiger partial charge < -0.3 is 104 Å². The van der Waals surface area contributed by atoms with Crippen molar-refractivity contribution in [3.05, 3.63) is 47.0 Å². The molecule has 3 aliphatic rings. The summed E-state index contributed by atoms with van der Waals surface area (Å²) < 4.78 is 41.3. The molecule has 32 heteroatoms. The Bertz CT molecular complexity index is 3210. The summed E-state index contributed by atoms with van der Waals surface area (Å²) >= 11 is 0.868. The monoisotopic (exact) mass is 1340 g/mol. The van der Waals surface area contributed by atoms with E-state index in [9.17, 15) is 53.4 Å². The number of methoxy groups -OCH3 is 3. The number of carbonyl (C=O) groups excluding carboxylic acids is 9. The number of hydrogen-bond acceptors (Lipinski definition) is 22. The lowest BCUT2D eigenvalue weighted by molar-refractivity contribution is -0.155. The molecule has 94 heavy (non-hydrogen) atoms. The number of ether oxygens (including phenoxy) is 7. The average Bonchev–Trinajstić information content (AvgIpc) is 1.39. The number of amides is 7. The number of cyclic esters (lactones) is 1. The van der Waals surface area contributed by atoms with Crippen molar-refractivity contribution in [1.82, 2.24) is 36.5 Å². The Kier molecular flexibility index (Phi) is 27.5. The molecule has 0 spiro atoms. The van der Waals surface area contributed by atoms with Crippen molar-refractivity contribution in [3.8, 4) is 40.5 Å². The minimum absolute atomic E-state index is 0.0186. The number of carbonyl (C=O) groups is 9. The van der Waals surface area contributed by atoms with Gasteiger partial charge in [-0.3, -0.25) is 52.7 Å². The lowest BCUT2D eigenvalue weighted by atomic mass is 9.66. The zero-order chi connectivity index (χ0) is 69.1. The number of hydrogen-bond donors (Lipinski definition) is 13. The molecule has 2 aliphatic heterocycles. The average molecular weight is 1340 g/mol. The van der Waals surface area contributed by atoms with Gasteiger partial charge in [0.2, 0.25) is 59.8 Å². The van der Waals surface area contributed by atoms with Crippen LogP contribution in [0.5, 0.6) is 40.5 Å². The SMILES string of the molecule is CCC(C)[C@@H](NC(=O)[C@@H](CCCCN)NC(=O)[C@H](NC(=O)[C@@H](CCC(N)=O)NC(=O)[C@@H](CCCN=C(N)N)NC(=O)[C@@H](N)CSc1cc(O)n(CCC(=O)O[C@H]2c3cc4c(cc3[C@@H](c3cc(OC)c(OC)c(OC)c3)[C@H]3C(=O)OC[C@@H]32)OCO4)c1O)C(C)CC)C(=O)NC. The number of nitrogens with one attached hydrogen (secondary N) is 6. The lowest BCUT2D eigenvalue weighted by Gasteiger charge is -2.38. The van der Waals surface area contributed by atoms with E-state index in [-0.39, 0.29) is 81.1 Å². The minimum atomic E-state index is -1.51. The summed E-state index contributed by atoms with van der Waals surface area (Å²) in [5.74, 6) is -9.13. The largest absolute Gasteiger partial charge is 0.494 e. The number of nitrogens with two attached hydrogens (primary N) is 5. The van der Waals surface area contributed by atoms with Crippen LogP contribution in [0.4, 0.5) is 0 Å². The molecule has 1 aliphatic carbocycles. The van der Waals surface area contributed by atoms with Gasteiger partial charge in [-0.25, -0.2) is 0 Å². The number of likely N-dealkylation sites (N-methyl/N-ethyl adjacent to an activating group) is 1. The van der Waals surface area contributed by atoms with Crippen LogP contribution in [0.2, 0.25) is 0 Å². The molecule has 0 bridgehead atoms. The van der Waals surface area contributed by atoms with Gasteiger partial charge in [0.1, 0.15) is 36.3 Å². The minimum Gasteiger partial charge on any atom is -0.494 e. The molecule has 0 radical (unpaired) electrons. The van der Waals surface area contributed by atoms with Crippen molar-refractivity contribution in [3.63, 3.8) is 0 Å². The number of unbranched alkanes of at least 4 members (excludes halogenated alkanes) is 1. The molecule has 1 aromatic heterocycles. The van der Waals surface area contributed by atoms with Crippen molar-refractivity contribution in [1.29, 1.82) is 0 Å². The topological polar surface area (TPSA) is 478 Å². The van der Waals surface area contributed by atoms with Gasteiger partial charge in [0.15, 0.2) is 34.8 Å². The Morgan fingerprint density at radius 3 is 1.84 bits per heavy atom. The molecular weight excluding hydrogens is 1250 g/mol. The maximum absolute atomic E-state index is 14.3. The third-order valence-corrected chi connectivity index (χ3v) is 18.2. The van der Waals surface area contributed by atoms with E-state index < -0.39 is 137 Å². The number of aromatic hydroxyl groups is 2. The molecule has 31 nitrogen and oxygen atoms in total. The number of rotatable bonds is 37. The smallest absolute Gasteiger partial charge is 0.310 e. The molecule has 518 valence electrons. The van der Waals surface area contributed by atoms with Crippen molar-refractivity contribution in [2.45, 2.75) is 152 Å². The zero-order valence-electron chi connectivity index (χ0n) is 54.2. The van der Waals surface area contributed by atoms with E-state index in [1.165, 1.54) is 34.4 Å². The van der Waals surface area contributed by atoms with Crippen LogP contribution in [0.25, 0.3) is 0 Å². The fourth-order valence-electron chi connectivity index (χ4n) is 11.4. The van der Waals surface area contributed by atoms with Crippen molar-refractivity contribution >= 4 is 71.0 Å². The molecule has 12 atom stereocenters.